The quantitative estimate of drug-likeness (QED) is 0.0606. The molecule has 1 rings (SSSR count). The topological polar surface area (TPSA) is 177 Å². The number of carbonyl (C=O) groups is 3. The van der Waals surface area contributed by atoms with E-state index in [1.807, 2.05) is 0 Å². The minimum absolute atomic E-state index is 0.00627. The molecular formula is C30H53I2N3O8S2. The zero-order valence-corrected chi connectivity index (χ0v) is 32.7. The van der Waals surface area contributed by atoms with Crippen molar-refractivity contribution in [2.24, 2.45) is 0 Å². The molecule has 0 unspecified atom stereocenters. The smallest absolute Gasteiger partial charge is 0.318 e. The van der Waals surface area contributed by atoms with Gasteiger partial charge in [0, 0.05) is 55.2 Å². The van der Waals surface area contributed by atoms with Crippen molar-refractivity contribution < 1.29 is 36.3 Å². The standard InChI is InChI=1S/C18H29N3O4S.C12H24O4S.I2/c1-2-3-4-5-6-7-8-9-14-26(24,25)15-17(22)20-21-18(23)16-10-12-19-13-11-16;1-2-3-4-5-6-7-8-9-10-17(15,16)11-12(13)14;1-2/h10-13H,2-9,14-15H2,1H3,(H,20,22)(H,21,23);2-11H2,1H3,(H,13,14);. The summed E-state index contributed by atoms with van der Waals surface area (Å²) in [5.41, 5.74) is 4.64. The number of pyridine rings is 1. The number of carbonyl (C=O) groups excluding carboxylic acids is 2. The zero-order chi connectivity index (χ0) is 34.4. The highest BCUT2D eigenvalue weighted by molar-refractivity contribution is 15.0. The van der Waals surface area contributed by atoms with Crippen LogP contribution in [0.25, 0.3) is 0 Å². The first-order valence-electron chi connectivity index (χ1n) is 15.7. The monoisotopic (exact) mass is 901 g/mol. The van der Waals surface area contributed by atoms with Gasteiger partial charge < -0.3 is 5.11 Å². The Labute approximate surface area is 294 Å². The molecule has 45 heavy (non-hydrogen) atoms. The molecule has 0 radical (unpaired) electrons. The minimum Gasteiger partial charge on any atom is -0.480 e. The van der Waals surface area contributed by atoms with Crippen molar-refractivity contribution in [3.63, 3.8) is 0 Å². The predicted octanol–water partition coefficient (Wildman–Crippen LogP) is 6.80. The molecule has 262 valence electrons. The van der Waals surface area contributed by atoms with Crippen LogP contribution in [0.5, 0.6) is 0 Å². The average molecular weight is 902 g/mol. The van der Waals surface area contributed by atoms with E-state index < -0.39 is 49.0 Å². The summed E-state index contributed by atoms with van der Waals surface area (Å²) in [5, 5.41) is 8.39. The van der Waals surface area contributed by atoms with Crippen LogP contribution in [-0.2, 0) is 29.3 Å². The van der Waals surface area contributed by atoms with Gasteiger partial charge >= 0.3 is 5.97 Å². The van der Waals surface area contributed by atoms with Crippen LogP contribution in [-0.4, -0.2) is 67.7 Å². The van der Waals surface area contributed by atoms with Crippen molar-refractivity contribution in [3.8, 4) is 0 Å². The molecule has 2 amide bonds. The molecule has 0 aromatic carbocycles. The number of hydrogen-bond acceptors (Lipinski definition) is 8. The number of rotatable bonds is 23. The Kier molecular flexibility index (Phi) is 31.0. The number of halogens is 2. The van der Waals surface area contributed by atoms with Crippen LogP contribution >= 0.6 is 37.2 Å². The molecule has 0 saturated carbocycles. The summed E-state index contributed by atoms with van der Waals surface area (Å²) in [6.45, 7) is 4.35. The van der Waals surface area contributed by atoms with Gasteiger partial charge in [0.2, 0.25) is 0 Å². The van der Waals surface area contributed by atoms with Crippen molar-refractivity contribution in [1.82, 2.24) is 15.8 Å². The van der Waals surface area contributed by atoms with E-state index in [9.17, 15) is 31.2 Å². The van der Waals surface area contributed by atoms with Gasteiger partial charge in [-0.2, -0.15) is 0 Å². The van der Waals surface area contributed by atoms with Crippen molar-refractivity contribution in [3.05, 3.63) is 30.1 Å². The third-order valence-electron chi connectivity index (χ3n) is 6.57. The highest BCUT2D eigenvalue weighted by Crippen LogP contribution is 2.10. The maximum Gasteiger partial charge on any atom is 0.318 e. The van der Waals surface area contributed by atoms with Crippen molar-refractivity contribution in [1.29, 1.82) is 0 Å². The number of hydrazine groups is 1. The maximum atomic E-state index is 11.9. The second kappa shape index (κ2) is 30.3. The van der Waals surface area contributed by atoms with Crippen LogP contribution in [0.2, 0.25) is 0 Å². The number of sulfone groups is 2. The first-order chi connectivity index (χ1) is 21.4. The number of nitrogens with one attached hydrogen (secondary N) is 2. The molecule has 0 saturated heterocycles. The largest absolute Gasteiger partial charge is 0.480 e. The molecule has 1 aromatic heterocycles. The number of nitrogens with zero attached hydrogens (tertiary/aromatic N) is 1. The Balaban J connectivity index is 0. The van der Waals surface area contributed by atoms with Crippen LogP contribution in [0, 0.1) is 0 Å². The summed E-state index contributed by atoms with van der Waals surface area (Å²) in [6, 6.07) is 2.97. The highest BCUT2D eigenvalue weighted by atomic mass is 128. The third kappa shape index (κ3) is 31.3. The summed E-state index contributed by atoms with van der Waals surface area (Å²) >= 11 is 4.24. The van der Waals surface area contributed by atoms with Gasteiger partial charge in [-0.3, -0.25) is 30.2 Å². The van der Waals surface area contributed by atoms with Gasteiger partial charge in [-0.25, -0.2) is 16.8 Å². The van der Waals surface area contributed by atoms with Crippen LogP contribution in [0.4, 0.5) is 0 Å². The number of amides is 2. The molecule has 0 spiro atoms. The summed E-state index contributed by atoms with van der Waals surface area (Å²) in [4.78, 5) is 37.5. The van der Waals surface area contributed by atoms with E-state index in [0.717, 1.165) is 38.5 Å². The molecule has 0 fully saturated rings. The van der Waals surface area contributed by atoms with Crippen LogP contribution in [0.15, 0.2) is 24.5 Å². The summed E-state index contributed by atoms with van der Waals surface area (Å²) in [6.07, 6.45) is 20.0. The molecule has 1 aromatic rings. The fourth-order valence-electron chi connectivity index (χ4n) is 4.18. The molecule has 0 aliphatic rings. The van der Waals surface area contributed by atoms with Gasteiger partial charge in [0.15, 0.2) is 19.7 Å². The first-order valence-corrected chi connectivity index (χ1v) is 25.6. The van der Waals surface area contributed by atoms with E-state index in [1.165, 1.54) is 75.9 Å². The molecule has 3 N–H and O–H groups in total. The van der Waals surface area contributed by atoms with Gasteiger partial charge in [-0.1, -0.05) is 104 Å². The molecule has 0 aliphatic carbocycles. The number of hydrogen-bond donors (Lipinski definition) is 3. The number of aromatic nitrogens is 1. The summed E-state index contributed by atoms with van der Waals surface area (Å²) in [7, 11) is -6.85. The maximum absolute atomic E-state index is 11.9. The zero-order valence-electron chi connectivity index (χ0n) is 26.8. The predicted molar refractivity (Wildman–Crippen MR) is 198 cm³/mol. The van der Waals surface area contributed by atoms with Crippen molar-refractivity contribution >= 4 is 74.7 Å². The Morgan fingerprint density at radius 3 is 1.42 bits per heavy atom. The number of carboxylic acids is 1. The van der Waals surface area contributed by atoms with Gasteiger partial charge in [-0.15, -0.1) is 0 Å². The van der Waals surface area contributed by atoms with E-state index >= 15 is 0 Å². The number of aliphatic carboxylic acids is 1. The molecule has 11 nitrogen and oxygen atoms in total. The van der Waals surface area contributed by atoms with Gasteiger partial charge in [0.25, 0.3) is 11.8 Å². The van der Waals surface area contributed by atoms with Crippen molar-refractivity contribution in [2.45, 2.75) is 117 Å². The fraction of sp³-hybridized carbons (Fsp3) is 0.733. The van der Waals surface area contributed by atoms with Crippen LogP contribution in [0.1, 0.15) is 127 Å². The molecule has 1 heterocycles. The summed E-state index contributed by atoms with van der Waals surface area (Å²) in [5.74, 6) is -3.89. The Bertz CT molecular complexity index is 1120. The second-order valence-electron chi connectivity index (χ2n) is 10.8. The minimum atomic E-state index is -3.47. The Morgan fingerprint density at radius 2 is 1.02 bits per heavy atom. The molecular weight excluding hydrogens is 848 g/mol. The number of unbranched alkanes of at least 4 members (excludes halogenated alkanes) is 14. The van der Waals surface area contributed by atoms with Gasteiger partial charge in [-0.05, 0) is 25.0 Å². The van der Waals surface area contributed by atoms with Crippen LogP contribution in [0.3, 0.4) is 0 Å². The first kappa shape index (κ1) is 46.0. The Morgan fingerprint density at radius 1 is 0.644 bits per heavy atom. The molecule has 0 bridgehead atoms. The van der Waals surface area contributed by atoms with Gasteiger partial charge in [0.1, 0.15) is 11.5 Å². The fourth-order valence-corrected chi connectivity index (χ4v) is 6.61. The van der Waals surface area contributed by atoms with Crippen molar-refractivity contribution in [2.75, 3.05) is 23.0 Å². The van der Waals surface area contributed by atoms with E-state index in [2.05, 4.69) is 66.9 Å². The normalized spacial score (nSPS) is 10.9. The number of carboxylic acid groups (broad SMARTS) is 1. The lowest BCUT2D eigenvalue weighted by atomic mass is 10.1. The summed E-state index contributed by atoms with van der Waals surface area (Å²) < 4.78 is 46.4. The van der Waals surface area contributed by atoms with E-state index in [0.29, 0.717) is 18.4 Å². The van der Waals surface area contributed by atoms with E-state index in [4.69, 9.17) is 5.11 Å². The lowest BCUT2D eigenvalue weighted by Gasteiger charge is -2.08. The Hall–Kier alpha value is -1.08. The average Bonchev–Trinajstić information content (AvgIpc) is 2.99. The van der Waals surface area contributed by atoms with E-state index in [1.54, 1.807) is 0 Å². The molecule has 15 heteroatoms. The van der Waals surface area contributed by atoms with Gasteiger partial charge in [0.05, 0.1) is 11.5 Å². The molecule has 0 aliphatic heterocycles. The third-order valence-corrected chi connectivity index (χ3v) is 9.78. The van der Waals surface area contributed by atoms with E-state index in [-0.39, 0.29) is 11.5 Å². The second-order valence-corrected chi connectivity index (χ2v) is 15.1. The highest BCUT2D eigenvalue weighted by Gasteiger charge is 2.17. The van der Waals surface area contributed by atoms with Crippen LogP contribution < -0.4 is 10.9 Å². The lowest BCUT2D eigenvalue weighted by Crippen LogP contribution is -2.44. The molecule has 0 atom stereocenters. The SMILES string of the molecule is CCCCCCCCCCS(=O)(=O)CC(=O)NNC(=O)c1ccncc1.CCCCCCCCCCS(=O)(=O)CC(=O)O.II. The lowest BCUT2D eigenvalue weighted by molar-refractivity contribution is -0.134.